The van der Waals surface area contributed by atoms with Gasteiger partial charge in [-0.15, -0.1) is 0 Å². The quantitative estimate of drug-likeness (QED) is 0.770. The van der Waals surface area contributed by atoms with Crippen LogP contribution < -0.4 is 5.32 Å². The van der Waals surface area contributed by atoms with Gasteiger partial charge in [-0.05, 0) is 33.0 Å². The number of nitrogens with zero attached hydrogens (tertiary/aromatic N) is 1. The van der Waals surface area contributed by atoms with E-state index in [4.69, 9.17) is 12.2 Å². The van der Waals surface area contributed by atoms with E-state index < -0.39 is 0 Å². The SMILES string of the molecule is Cc1c[nH]c(=S)n1CCC(=O)NC(C)C. The molecule has 0 aliphatic carbocycles. The Morgan fingerprint density at radius 3 is 2.80 bits per heavy atom. The molecule has 1 rings (SSSR count). The molecule has 0 unspecified atom stereocenters. The molecule has 2 N–H and O–H groups in total. The third-order valence-corrected chi connectivity index (χ3v) is 2.43. The van der Waals surface area contributed by atoms with E-state index in [0.29, 0.717) is 17.7 Å². The minimum atomic E-state index is 0.0625. The number of amides is 1. The Kier molecular flexibility index (Phi) is 4.08. The second-order valence-electron chi connectivity index (χ2n) is 3.86. The number of aromatic nitrogens is 2. The van der Waals surface area contributed by atoms with Crippen LogP contribution in [0.1, 0.15) is 26.0 Å². The second-order valence-corrected chi connectivity index (χ2v) is 4.25. The van der Waals surface area contributed by atoms with Gasteiger partial charge in [-0.1, -0.05) is 0 Å². The van der Waals surface area contributed by atoms with Crippen LogP contribution in [-0.4, -0.2) is 21.5 Å². The number of aromatic amines is 1. The average molecular weight is 227 g/mol. The molecule has 0 fully saturated rings. The Morgan fingerprint density at radius 1 is 1.67 bits per heavy atom. The fourth-order valence-corrected chi connectivity index (χ4v) is 1.66. The van der Waals surface area contributed by atoms with Crippen molar-refractivity contribution in [3.8, 4) is 0 Å². The Bertz CT molecular complexity index is 392. The van der Waals surface area contributed by atoms with E-state index >= 15 is 0 Å². The van der Waals surface area contributed by atoms with Crippen molar-refractivity contribution in [2.75, 3.05) is 0 Å². The molecule has 0 saturated heterocycles. The zero-order valence-corrected chi connectivity index (χ0v) is 10.1. The summed E-state index contributed by atoms with van der Waals surface area (Å²) in [6, 6.07) is 0.192. The summed E-state index contributed by atoms with van der Waals surface area (Å²) in [5, 5.41) is 2.85. The topological polar surface area (TPSA) is 49.8 Å². The van der Waals surface area contributed by atoms with Crippen molar-refractivity contribution >= 4 is 18.1 Å². The lowest BCUT2D eigenvalue weighted by atomic mass is 10.3. The normalized spacial score (nSPS) is 10.7. The van der Waals surface area contributed by atoms with E-state index in [1.54, 1.807) is 0 Å². The maximum absolute atomic E-state index is 11.4. The fraction of sp³-hybridized carbons (Fsp3) is 0.600. The average Bonchev–Trinajstić information content (AvgIpc) is 2.42. The van der Waals surface area contributed by atoms with Crippen molar-refractivity contribution in [1.82, 2.24) is 14.9 Å². The van der Waals surface area contributed by atoms with Gasteiger partial charge in [0.1, 0.15) is 0 Å². The highest BCUT2D eigenvalue weighted by atomic mass is 32.1. The van der Waals surface area contributed by atoms with Crippen LogP contribution in [0.25, 0.3) is 0 Å². The number of rotatable bonds is 4. The summed E-state index contributed by atoms with van der Waals surface area (Å²) < 4.78 is 2.60. The number of H-pyrrole nitrogens is 1. The number of carbonyl (C=O) groups is 1. The third kappa shape index (κ3) is 3.51. The number of nitrogens with one attached hydrogen (secondary N) is 2. The molecule has 1 amide bonds. The summed E-state index contributed by atoms with van der Waals surface area (Å²) in [7, 11) is 0. The Balaban J connectivity index is 2.51. The van der Waals surface area contributed by atoms with Gasteiger partial charge in [0, 0.05) is 30.9 Å². The lowest BCUT2D eigenvalue weighted by Crippen LogP contribution is -2.30. The van der Waals surface area contributed by atoms with Crippen molar-refractivity contribution in [2.24, 2.45) is 0 Å². The smallest absolute Gasteiger partial charge is 0.221 e. The highest BCUT2D eigenvalue weighted by molar-refractivity contribution is 7.71. The summed E-state index contributed by atoms with van der Waals surface area (Å²) in [5.74, 6) is 0.0625. The molecule has 0 aliphatic rings. The first kappa shape index (κ1) is 12.0. The summed E-state index contributed by atoms with van der Waals surface area (Å²) in [6.45, 7) is 6.50. The predicted octanol–water partition coefficient (Wildman–Crippen LogP) is 1.77. The van der Waals surface area contributed by atoms with Crippen LogP contribution >= 0.6 is 12.2 Å². The van der Waals surface area contributed by atoms with Gasteiger partial charge in [0.05, 0.1) is 0 Å². The fourth-order valence-electron chi connectivity index (χ4n) is 1.37. The summed E-state index contributed by atoms with van der Waals surface area (Å²) in [4.78, 5) is 14.4. The number of aryl methyl sites for hydroxylation is 1. The molecule has 0 saturated carbocycles. The molecule has 0 spiro atoms. The van der Waals surface area contributed by atoms with Gasteiger partial charge >= 0.3 is 0 Å². The molecule has 15 heavy (non-hydrogen) atoms. The highest BCUT2D eigenvalue weighted by Crippen LogP contribution is 2.01. The zero-order chi connectivity index (χ0) is 11.4. The Labute approximate surface area is 94.7 Å². The van der Waals surface area contributed by atoms with Crippen molar-refractivity contribution in [3.63, 3.8) is 0 Å². The van der Waals surface area contributed by atoms with E-state index in [1.807, 2.05) is 31.5 Å². The van der Waals surface area contributed by atoms with E-state index in [1.165, 1.54) is 0 Å². The number of hydrogen-bond acceptors (Lipinski definition) is 2. The summed E-state index contributed by atoms with van der Waals surface area (Å²) >= 11 is 5.09. The molecule has 84 valence electrons. The Hall–Kier alpha value is -1.10. The lowest BCUT2D eigenvalue weighted by Gasteiger charge is -2.09. The molecular formula is C10H17N3OS. The second kappa shape index (κ2) is 5.11. The number of hydrogen-bond donors (Lipinski definition) is 2. The van der Waals surface area contributed by atoms with Crippen molar-refractivity contribution < 1.29 is 4.79 Å². The van der Waals surface area contributed by atoms with Crippen molar-refractivity contribution in [3.05, 3.63) is 16.7 Å². The van der Waals surface area contributed by atoms with Gasteiger partial charge in [-0.25, -0.2) is 0 Å². The first-order chi connectivity index (χ1) is 7.00. The van der Waals surface area contributed by atoms with Crippen LogP contribution in [0.5, 0.6) is 0 Å². The largest absolute Gasteiger partial charge is 0.354 e. The monoisotopic (exact) mass is 227 g/mol. The molecule has 1 aromatic heterocycles. The van der Waals surface area contributed by atoms with Gasteiger partial charge in [-0.2, -0.15) is 0 Å². The van der Waals surface area contributed by atoms with Crippen LogP contribution in [-0.2, 0) is 11.3 Å². The van der Waals surface area contributed by atoms with Crippen LogP contribution in [0.15, 0.2) is 6.20 Å². The molecular weight excluding hydrogens is 210 g/mol. The molecule has 1 aromatic rings. The minimum absolute atomic E-state index is 0.0625. The predicted molar refractivity (Wildman–Crippen MR) is 62.2 cm³/mol. The van der Waals surface area contributed by atoms with Gasteiger partial charge in [0.2, 0.25) is 5.91 Å². The maximum Gasteiger partial charge on any atom is 0.221 e. The number of carbonyl (C=O) groups excluding carboxylic acids is 1. The van der Waals surface area contributed by atoms with Gasteiger partial charge < -0.3 is 14.9 Å². The van der Waals surface area contributed by atoms with E-state index in [2.05, 4.69) is 10.3 Å². The van der Waals surface area contributed by atoms with Crippen molar-refractivity contribution in [1.29, 1.82) is 0 Å². The molecule has 1 heterocycles. The molecule has 0 bridgehead atoms. The molecule has 5 heteroatoms. The molecule has 0 atom stereocenters. The third-order valence-electron chi connectivity index (χ3n) is 2.09. The van der Waals surface area contributed by atoms with Gasteiger partial charge in [0.15, 0.2) is 4.77 Å². The molecule has 0 aliphatic heterocycles. The van der Waals surface area contributed by atoms with Crippen LogP contribution in [0.3, 0.4) is 0 Å². The molecule has 0 radical (unpaired) electrons. The lowest BCUT2D eigenvalue weighted by molar-refractivity contribution is -0.121. The van der Waals surface area contributed by atoms with Gasteiger partial charge in [0.25, 0.3) is 0 Å². The van der Waals surface area contributed by atoms with Crippen LogP contribution in [0, 0.1) is 11.7 Å². The maximum atomic E-state index is 11.4. The molecule has 0 aromatic carbocycles. The molecule has 4 nitrogen and oxygen atoms in total. The van der Waals surface area contributed by atoms with Crippen LogP contribution in [0.4, 0.5) is 0 Å². The van der Waals surface area contributed by atoms with Crippen molar-refractivity contribution in [2.45, 2.75) is 39.8 Å². The van der Waals surface area contributed by atoms with E-state index in [9.17, 15) is 4.79 Å². The van der Waals surface area contributed by atoms with Gasteiger partial charge in [-0.3, -0.25) is 4.79 Å². The summed E-state index contributed by atoms with van der Waals surface area (Å²) in [6.07, 6.45) is 2.31. The van der Waals surface area contributed by atoms with E-state index in [0.717, 1.165) is 5.69 Å². The summed E-state index contributed by atoms with van der Waals surface area (Å²) in [5.41, 5.74) is 1.05. The minimum Gasteiger partial charge on any atom is -0.354 e. The number of imidazole rings is 1. The standard InChI is InChI=1S/C10H17N3OS/c1-7(2)12-9(14)4-5-13-8(3)6-11-10(13)15/h6-7H,4-5H2,1-3H3,(H,11,15)(H,12,14). The first-order valence-corrected chi connectivity index (χ1v) is 5.45. The zero-order valence-electron chi connectivity index (χ0n) is 9.33. The highest BCUT2D eigenvalue weighted by Gasteiger charge is 2.05. The van der Waals surface area contributed by atoms with Crippen LogP contribution in [0.2, 0.25) is 0 Å². The van der Waals surface area contributed by atoms with E-state index in [-0.39, 0.29) is 11.9 Å². The first-order valence-electron chi connectivity index (χ1n) is 5.05. The Morgan fingerprint density at radius 2 is 2.33 bits per heavy atom.